The third-order valence-electron chi connectivity index (χ3n) is 6.13. The number of anilines is 2. The molecule has 0 fully saturated rings. The molecule has 0 bridgehead atoms. The van der Waals surface area contributed by atoms with Gasteiger partial charge in [-0.15, -0.1) is 0 Å². The molecule has 2 heterocycles. The van der Waals surface area contributed by atoms with E-state index in [0.717, 1.165) is 30.8 Å². The lowest BCUT2D eigenvalue weighted by atomic mass is 9.80. The maximum Gasteiger partial charge on any atom is 0.0705 e. The standard InChI is InChI=1S/C27H33N3/c1-18-9-12-25(29-17-18)23-15-20(11-10-19(23)2)30-14-13-21-22(7-6-8-24(21)28)26(30)16-27(3,4)5/h6-12,15,17,26H,13-14,16,28H2,1-5H3. The Labute approximate surface area is 181 Å². The van der Waals surface area contributed by atoms with E-state index in [2.05, 4.69) is 87.0 Å². The summed E-state index contributed by atoms with van der Waals surface area (Å²) >= 11 is 0. The van der Waals surface area contributed by atoms with Crippen LogP contribution in [0.15, 0.2) is 54.7 Å². The van der Waals surface area contributed by atoms with E-state index in [1.165, 1.54) is 33.5 Å². The SMILES string of the molecule is Cc1ccc(-c2cc(N3CCc4c(N)cccc4C3CC(C)(C)C)ccc2C)nc1. The van der Waals surface area contributed by atoms with Crippen LogP contribution in [0.2, 0.25) is 0 Å². The molecule has 0 amide bonds. The molecule has 1 atom stereocenters. The first-order valence-corrected chi connectivity index (χ1v) is 10.9. The summed E-state index contributed by atoms with van der Waals surface area (Å²) in [6.45, 7) is 12.2. The highest BCUT2D eigenvalue weighted by molar-refractivity contribution is 5.70. The van der Waals surface area contributed by atoms with E-state index in [1.807, 2.05) is 12.3 Å². The van der Waals surface area contributed by atoms with E-state index >= 15 is 0 Å². The molecule has 2 N–H and O–H groups in total. The fourth-order valence-corrected chi connectivity index (χ4v) is 4.58. The highest BCUT2D eigenvalue weighted by atomic mass is 15.2. The quantitative estimate of drug-likeness (QED) is 0.512. The van der Waals surface area contributed by atoms with Crippen molar-refractivity contribution in [2.45, 2.75) is 53.5 Å². The van der Waals surface area contributed by atoms with Crippen LogP contribution in [-0.2, 0) is 6.42 Å². The van der Waals surface area contributed by atoms with E-state index < -0.39 is 0 Å². The third kappa shape index (κ3) is 4.07. The van der Waals surface area contributed by atoms with Crippen molar-refractivity contribution in [2.24, 2.45) is 5.41 Å². The van der Waals surface area contributed by atoms with E-state index in [0.29, 0.717) is 6.04 Å². The van der Waals surface area contributed by atoms with Gasteiger partial charge in [0.2, 0.25) is 0 Å². The molecule has 0 spiro atoms. The molecule has 1 aromatic heterocycles. The van der Waals surface area contributed by atoms with Crippen molar-refractivity contribution in [1.82, 2.24) is 4.98 Å². The lowest BCUT2D eigenvalue weighted by molar-refractivity contribution is 0.327. The zero-order valence-electron chi connectivity index (χ0n) is 18.9. The number of pyridine rings is 1. The minimum atomic E-state index is 0.216. The highest BCUT2D eigenvalue weighted by Crippen LogP contribution is 2.43. The first kappa shape index (κ1) is 20.5. The number of nitrogens with zero attached hydrogens (tertiary/aromatic N) is 2. The molecule has 1 unspecified atom stereocenters. The Morgan fingerprint density at radius 3 is 2.57 bits per heavy atom. The van der Waals surface area contributed by atoms with Gasteiger partial charge in [-0.3, -0.25) is 4.98 Å². The number of nitrogens with two attached hydrogens (primary N) is 1. The minimum Gasteiger partial charge on any atom is -0.398 e. The van der Waals surface area contributed by atoms with Crippen molar-refractivity contribution < 1.29 is 0 Å². The largest absolute Gasteiger partial charge is 0.398 e. The molecule has 156 valence electrons. The topological polar surface area (TPSA) is 42.1 Å². The minimum absolute atomic E-state index is 0.216. The Hall–Kier alpha value is -2.81. The van der Waals surface area contributed by atoms with Gasteiger partial charge in [0.05, 0.1) is 11.7 Å². The molecule has 2 aromatic carbocycles. The molecule has 0 radical (unpaired) electrons. The van der Waals surface area contributed by atoms with Crippen molar-refractivity contribution in [3.05, 3.63) is 77.0 Å². The average Bonchev–Trinajstić information content (AvgIpc) is 2.69. The number of aromatic nitrogens is 1. The maximum absolute atomic E-state index is 6.36. The summed E-state index contributed by atoms with van der Waals surface area (Å²) in [5, 5.41) is 0. The van der Waals surface area contributed by atoms with E-state index in [1.54, 1.807) is 0 Å². The fourth-order valence-electron chi connectivity index (χ4n) is 4.58. The average molecular weight is 400 g/mol. The van der Waals surface area contributed by atoms with Crippen molar-refractivity contribution in [1.29, 1.82) is 0 Å². The molecular formula is C27H33N3. The van der Waals surface area contributed by atoms with Crippen molar-refractivity contribution in [3.63, 3.8) is 0 Å². The summed E-state index contributed by atoms with van der Waals surface area (Å²) in [5.74, 6) is 0. The van der Waals surface area contributed by atoms with Crippen LogP contribution in [0.5, 0.6) is 0 Å². The number of nitrogen functional groups attached to an aromatic ring is 1. The Morgan fingerprint density at radius 1 is 1.07 bits per heavy atom. The molecule has 3 nitrogen and oxygen atoms in total. The van der Waals surface area contributed by atoms with E-state index in [4.69, 9.17) is 5.73 Å². The normalized spacial score (nSPS) is 16.4. The first-order chi connectivity index (χ1) is 14.2. The lowest BCUT2D eigenvalue weighted by Crippen LogP contribution is -2.37. The predicted molar refractivity (Wildman–Crippen MR) is 128 cm³/mol. The molecule has 0 aliphatic carbocycles. The van der Waals surface area contributed by atoms with Gasteiger partial charge in [0.25, 0.3) is 0 Å². The smallest absolute Gasteiger partial charge is 0.0705 e. The van der Waals surface area contributed by atoms with Crippen LogP contribution in [0, 0.1) is 19.3 Å². The Kier molecular flexibility index (Phi) is 5.31. The van der Waals surface area contributed by atoms with E-state index in [9.17, 15) is 0 Å². The zero-order chi connectivity index (χ0) is 21.5. The van der Waals surface area contributed by atoms with Gasteiger partial charge in [0, 0.05) is 29.7 Å². The summed E-state index contributed by atoms with van der Waals surface area (Å²) in [5.41, 5.74) is 16.2. The summed E-state index contributed by atoms with van der Waals surface area (Å²) < 4.78 is 0. The predicted octanol–water partition coefficient (Wildman–Crippen LogP) is 6.49. The van der Waals surface area contributed by atoms with Gasteiger partial charge >= 0.3 is 0 Å². The van der Waals surface area contributed by atoms with Crippen LogP contribution in [-0.4, -0.2) is 11.5 Å². The van der Waals surface area contributed by atoms with Crippen LogP contribution in [0.4, 0.5) is 11.4 Å². The van der Waals surface area contributed by atoms with Gasteiger partial charge < -0.3 is 10.6 Å². The summed E-state index contributed by atoms with van der Waals surface area (Å²) in [4.78, 5) is 7.26. The zero-order valence-corrected chi connectivity index (χ0v) is 18.9. The van der Waals surface area contributed by atoms with Crippen LogP contribution in [0.1, 0.15) is 55.5 Å². The number of fused-ring (bicyclic) bond motifs is 1. The van der Waals surface area contributed by atoms with Gasteiger partial charge in [-0.1, -0.05) is 45.0 Å². The second kappa shape index (κ2) is 7.79. The Morgan fingerprint density at radius 2 is 1.87 bits per heavy atom. The van der Waals surface area contributed by atoms with Crippen molar-refractivity contribution >= 4 is 11.4 Å². The van der Waals surface area contributed by atoms with Gasteiger partial charge in [-0.05, 0) is 78.6 Å². The number of hydrogen-bond donors (Lipinski definition) is 1. The number of rotatable bonds is 3. The summed E-state index contributed by atoms with van der Waals surface area (Å²) in [7, 11) is 0. The second-order valence-electron chi connectivity index (χ2n) is 9.86. The molecule has 1 aliphatic heterocycles. The van der Waals surface area contributed by atoms with Gasteiger partial charge in [0.1, 0.15) is 0 Å². The monoisotopic (exact) mass is 399 g/mol. The second-order valence-corrected chi connectivity index (χ2v) is 9.86. The third-order valence-corrected chi connectivity index (χ3v) is 6.13. The van der Waals surface area contributed by atoms with Gasteiger partial charge in [-0.2, -0.15) is 0 Å². The van der Waals surface area contributed by atoms with Crippen LogP contribution < -0.4 is 10.6 Å². The summed E-state index contributed by atoms with van der Waals surface area (Å²) in [6.07, 6.45) is 4.01. The van der Waals surface area contributed by atoms with Crippen molar-refractivity contribution in [3.8, 4) is 11.3 Å². The van der Waals surface area contributed by atoms with Crippen LogP contribution in [0.25, 0.3) is 11.3 Å². The maximum atomic E-state index is 6.36. The molecule has 4 rings (SSSR count). The number of benzene rings is 2. The van der Waals surface area contributed by atoms with Gasteiger partial charge in [-0.25, -0.2) is 0 Å². The molecule has 3 aromatic rings. The molecule has 0 saturated heterocycles. The van der Waals surface area contributed by atoms with Crippen molar-refractivity contribution in [2.75, 3.05) is 17.2 Å². The molecular weight excluding hydrogens is 366 g/mol. The number of hydrogen-bond acceptors (Lipinski definition) is 3. The highest BCUT2D eigenvalue weighted by Gasteiger charge is 2.32. The van der Waals surface area contributed by atoms with Gasteiger partial charge in [0.15, 0.2) is 0 Å². The van der Waals surface area contributed by atoms with E-state index in [-0.39, 0.29) is 5.41 Å². The number of aryl methyl sites for hydroxylation is 2. The van der Waals surface area contributed by atoms with Crippen LogP contribution in [0.3, 0.4) is 0 Å². The Bertz CT molecular complexity index is 1040. The lowest BCUT2D eigenvalue weighted by Gasteiger charge is -2.42. The molecule has 0 saturated carbocycles. The molecule has 1 aliphatic rings. The molecule has 30 heavy (non-hydrogen) atoms. The summed E-state index contributed by atoms with van der Waals surface area (Å²) in [6, 6.07) is 17.8. The first-order valence-electron chi connectivity index (χ1n) is 10.9. The molecule has 3 heteroatoms. The Balaban J connectivity index is 1.78. The van der Waals surface area contributed by atoms with Crippen LogP contribution >= 0.6 is 0 Å². The fraction of sp³-hybridized carbons (Fsp3) is 0.370.